The molecule has 1 aliphatic rings. The first-order chi connectivity index (χ1) is 12.6. The van der Waals surface area contributed by atoms with Crippen molar-refractivity contribution in [2.24, 2.45) is 0 Å². The molecule has 2 amide bonds. The van der Waals surface area contributed by atoms with Crippen LogP contribution in [0.15, 0.2) is 18.2 Å². The number of rotatable bonds is 2. The van der Waals surface area contributed by atoms with Gasteiger partial charge in [-0.25, -0.2) is 9.97 Å². The van der Waals surface area contributed by atoms with E-state index in [0.29, 0.717) is 16.6 Å². The molecule has 144 valence electrons. The second kappa shape index (κ2) is 7.13. The number of amides is 2. The Morgan fingerprint density at radius 1 is 1.07 bits per heavy atom. The van der Waals surface area contributed by atoms with Gasteiger partial charge in [-0.2, -0.15) is 13.2 Å². The molecular formula is C18H19F3N4O2. The normalized spacial score (nSPS) is 15.8. The van der Waals surface area contributed by atoms with Crippen molar-refractivity contribution in [3.8, 4) is 0 Å². The summed E-state index contributed by atoms with van der Waals surface area (Å²) in [5.41, 5.74) is 3.31. The third kappa shape index (κ3) is 4.17. The molecule has 0 bridgehead atoms. The minimum absolute atomic E-state index is 0.0367. The second-order valence-electron chi connectivity index (χ2n) is 6.64. The van der Waals surface area contributed by atoms with Gasteiger partial charge >= 0.3 is 12.1 Å². The fourth-order valence-corrected chi connectivity index (χ4v) is 3.05. The highest BCUT2D eigenvalue weighted by molar-refractivity contribution is 5.97. The number of likely N-dealkylation sites (tertiary alicyclic amines) is 1. The van der Waals surface area contributed by atoms with Gasteiger partial charge in [-0.1, -0.05) is 0 Å². The number of hydrogen-bond donors (Lipinski definition) is 1. The third-order valence-electron chi connectivity index (χ3n) is 4.70. The van der Waals surface area contributed by atoms with Gasteiger partial charge in [0.1, 0.15) is 0 Å². The van der Waals surface area contributed by atoms with Gasteiger partial charge < -0.3 is 10.2 Å². The maximum Gasteiger partial charge on any atom is 0.471 e. The van der Waals surface area contributed by atoms with Crippen LogP contribution in [0.2, 0.25) is 0 Å². The van der Waals surface area contributed by atoms with Crippen LogP contribution in [0, 0.1) is 13.8 Å². The molecule has 9 heteroatoms. The summed E-state index contributed by atoms with van der Waals surface area (Å²) in [6, 6.07) is 4.72. The molecule has 1 aromatic carbocycles. The number of nitrogens with one attached hydrogen (secondary N) is 1. The van der Waals surface area contributed by atoms with E-state index in [4.69, 9.17) is 0 Å². The molecule has 1 aromatic heterocycles. The van der Waals surface area contributed by atoms with Crippen LogP contribution in [0.4, 0.5) is 13.2 Å². The first-order valence-electron chi connectivity index (χ1n) is 8.57. The smallest absolute Gasteiger partial charge is 0.349 e. The van der Waals surface area contributed by atoms with Crippen LogP contribution in [0.1, 0.15) is 34.6 Å². The fraction of sp³-hybridized carbons (Fsp3) is 0.444. The van der Waals surface area contributed by atoms with E-state index in [1.54, 1.807) is 18.2 Å². The maximum atomic E-state index is 12.5. The summed E-state index contributed by atoms with van der Waals surface area (Å²) in [4.78, 5) is 33.3. The summed E-state index contributed by atoms with van der Waals surface area (Å²) < 4.78 is 37.4. The molecule has 6 nitrogen and oxygen atoms in total. The number of halogens is 3. The van der Waals surface area contributed by atoms with E-state index in [1.165, 1.54) is 0 Å². The minimum atomic E-state index is -4.86. The number of hydrogen-bond acceptors (Lipinski definition) is 4. The van der Waals surface area contributed by atoms with Crippen LogP contribution in [-0.4, -0.2) is 52.0 Å². The Balaban J connectivity index is 1.64. The Hall–Kier alpha value is -2.71. The summed E-state index contributed by atoms with van der Waals surface area (Å²) >= 11 is 0. The lowest BCUT2D eigenvalue weighted by Gasteiger charge is -2.32. The Morgan fingerprint density at radius 2 is 1.67 bits per heavy atom. The average molecular weight is 380 g/mol. The molecule has 2 heterocycles. The number of nitrogens with zero attached hydrogens (tertiary/aromatic N) is 3. The SMILES string of the molecule is Cc1nc2ccc(C(=O)NC3CCN(C(=O)C(F)(F)F)CC3)cc2nc1C. The molecule has 0 aliphatic carbocycles. The highest BCUT2D eigenvalue weighted by atomic mass is 19.4. The summed E-state index contributed by atoms with van der Waals surface area (Å²) in [7, 11) is 0. The van der Waals surface area contributed by atoms with Crippen LogP contribution < -0.4 is 5.32 Å². The molecular weight excluding hydrogens is 361 g/mol. The number of alkyl halides is 3. The van der Waals surface area contributed by atoms with Crippen molar-refractivity contribution in [3.05, 3.63) is 35.2 Å². The van der Waals surface area contributed by atoms with E-state index in [0.717, 1.165) is 16.3 Å². The van der Waals surface area contributed by atoms with Gasteiger partial charge in [-0.3, -0.25) is 9.59 Å². The van der Waals surface area contributed by atoms with Crippen LogP contribution in [-0.2, 0) is 4.79 Å². The number of aryl methyl sites for hydroxylation is 2. The molecule has 2 aromatic rings. The van der Waals surface area contributed by atoms with E-state index in [2.05, 4.69) is 15.3 Å². The maximum absolute atomic E-state index is 12.5. The Labute approximate surface area is 153 Å². The Kier molecular flexibility index (Phi) is 5.03. The highest BCUT2D eigenvalue weighted by Gasteiger charge is 2.43. The van der Waals surface area contributed by atoms with Crippen molar-refractivity contribution in [3.63, 3.8) is 0 Å². The molecule has 0 saturated carbocycles. The number of carbonyl (C=O) groups excluding carboxylic acids is 2. The van der Waals surface area contributed by atoms with E-state index >= 15 is 0 Å². The topological polar surface area (TPSA) is 75.2 Å². The number of aromatic nitrogens is 2. The van der Waals surface area contributed by atoms with Crippen molar-refractivity contribution < 1.29 is 22.8 Å². The largest absolute Gasteiger partial charge is 0.471 e. The predicted octanol–water partition coefficient (Wildman–Crippen LogP) is 2.53. The molecule has 3 rings (SSSR count). The van der Waals surface area contributed by atoms with Gasteiger partial charge in [-0.15, -0.1) is 0 Å². The van der Waals surface area contributed by atoms with Crippen LogP contribution in [0.5, 0.6) is 0 Å². The molecule has 0 radical (unpaired) electrons. The second-order valence-corrected chi connectivity index (χ2v) is 6.64. The number of piperidine rings is 1. The lowest BCUT2D eigenvalue weighted by molar-refractivity contribution is -0.186. The fourth-order valence-electron chi connectivity index (χ4n) is 3.05. The van der Waals surface area contributed by atoms with Crippen molar-refractivity contribution in [1.29, 1.82) is 0 Å². The van der Waals surface area contributed by atoms with Gasteiger partial charge in [0.2, 0.25) is 0 Å². The van der Waals surface area contributed by atoms with E-state index in [-0.39, 0.29) is 37.9 Å². The molecule has 0 spiro atoms. The van der Waals surface area contributed by atoms with Gasteiger partial charge in [0.15, 0.2) is 0 Å². The van der Waals surface area contributed by atoms with Gasteiger partial charge in [-0.05, 0) is 44.9 Å². The Bertz CT molecular complexity index is 890. The van der Waals surface area contributed by atoms with Crippen LogP contribution >= 0.6 is 0 Å². The predicted molar refractivity (Wildman–Crippen MR) is 92.1 cm³/mol. The van der Waals surface area contributed by atoms with Crippen molar-refractivity contribution in [1.82, 2.24) is 20.2 Å². The zero-order valence-electron chi connectivity index (χ0n) is 14.9. The van der Waals surface area contributed by atoms with Crippen LogP contribution in [0.3, 0.4) is 0 Å². The Morgan fingerprint density at radius 3 is 2.26 bits per heavy atom. The first kappa shape index (κ1) is 19.1. The van der Waals surface area contributed by atoms with Crippen molar-refractivity contribution in [2.45, 2.75) is 38.9 Å². The summed E-state index contributed by atoms with van der Waals surface area (Å²) in [6.45, 7) is 3.62. The zero-order valence-corrected chi connectivity index (χ0v) is 14.9. The standard InChI is InChI=1S/C18H19F3N4O2/c1-10-11(2)23-15-9-12(3-4-14(15)22-10)16(26)24-13-5-7-25(8-6-13)17(27)18(19,20)21/h3-4,9,13H,5-8H2,1-2H3,(H,24,26). The lowest BCUT2D eigenvalue weighted by atomic mass is 10.0. The summed E-state index contributed by atoms with van der Waals surface area (Å²) in [5, 5.41) is 2.82. The molecule has 1 aliphatic heterocycles. The molecule has 1 saturated heterocycles. The molecule has 0 unspecified atom stereocenters. The third-order valence-corrected chi connectivity index (χ3v) is 4.70. The summed E-state index contributed by atoms with van der Waals surface area (Å²) in [5.74, 6) is -2.15. The van der Waals surface area contributed by atoms with Crippen molar-refractivity contribution in [2.75, 3.05) is 13.1 Å². The number of benzene rings is 1. The van der Waals surface area contributed by atoms with Crippen molar-refractivity contribution >= 4 is 22.8 Å². The molecule has 27 heavy (non-hydrogen) atoms. The van der Waals surface area contributed by atoms with E-state index < -0.39 is 12.1 Å². The lowest BCUT2D eigenvalue weighted by Crippen LogP contribution is -2.50. The van der Waals surface area contributed by atoms with E-state index in [1.807, 2.05) is 13.8 Å². The van der Waals surface area contributed by atoms with Gasteiger partial charge in [0.05, 0.1) is 22.4 Å². The monoisotopic (exact) mass is 380 g/mol. The quantitative estimate of drug-likeness (QED) is 0.869. The average Bonchev–Trinajstić information content (AvgIpc) is 2.61. The summed E-state index contributed by atoms with van der Waals surface area (Å²) in [6.07, 6.45) is -4.31. The molecule has 1 N–H and O–H groups in total. The van der Waals surface area contributed by atoms with Gasteiger partial charge in [0.25, 0.3) is 5.91 Å². The highest BCUT2D eigenvalue weighted by Crippen LogP contribution is 2.22. The van der Waals surface area contributed by atoms with Gasteiger partial charge in [0, 0.05) is 24.7 Å². The van der Waals surface area contributed by atoms with Crippen LogP contribution in [0.25, 0.3) is 11.0 Å². The van der Waals surface area contributed by atoms with E-state index in [9.17, 15) is 22.8 Å². The minimum Gasteiger partial charge on any atom is -0.349 e. The zero-order chi connectivity index (χ0) is 19.8. The molecule has 0 atom stereocenters. The first-order valence-corrected chi connectivity index (χ1v) is 8.57. The number of fused-ring (bicyclic) bond motifs is 1. The number of carbonyl (C=O) groups is 2. The molecule has 1 fully saturated rings.